The average Bonchev–Trinajstić information content (AvgIpc) is 2.49. The Balaban J connectivity index is 2.16. The number of hydrogen-bond donors (Lipinski definition) is 1. The lowest BCUT2D eigenvalue weighted by molar-refractivity contribution is 0.342. The highest BCUT2D eigenvalue weighted by molar-refractivity contribution is 7.95. The second kappa shape index (κ2) is 7.33. The van der Waals surface area contributed by atoms with Crippen molar-refractivity contribution in [3.63, 3.8) is 0 Å². The molecule has 0 amide bonds. The molecule has 0 heterocycles. The van der Waals surface area contributed by atoms with Crippen LogP contribution in [-0.2, 0) is 10.0 Å². The first-order chi connectivity index (χ1) is 10.5. The molecule has 0 aliphatic carbocycles. The van der Waals surface area contributed by atoms with Gasteiger partial charge in [-0.2, -0.15) is 0 Å². The Morgan fingerprint density at radius 2 is 1.82 bits per heavy atom. The van der Waals surface area contributed by atoms with Crippen molar-refractivity contribution in [2.75, 3.05) is 11.3 Å². The van der Waals surface area contributed by atoms with Gasteiger partial charge in [-0.25, -0.2) is 8.42 Å². The lowest BCUT2D eigenvalue weighted by Crippen LogP contribution is -2.10. The molecule has 0 unspecified atom stereocenters. The minimum Gasteiger partial charge on any atom is -0.492 e. The molecule has 4 nitrogen and oxygen atoms in total. The van der Waals surface area contributed by atoms with E-state index < -0.39 is 10.0 Å². The summed E-state index contributed by atoms with van der Waals surface area (Å²) in [7, 11) is -3.63. The molecular weight excluding hydrogens is 322 g/mol. The topological polar surface area (TPSA) is 55.4 Å². The van der Waals surface area contributed by atoms with E-state index in [1.165, 1.54) is 6.08 Å². The Kier molecular flexibility index (Phi) is 5.46. The van der Waals surface area contributed by atoms with Gasteiger partial charge in [0.25, 0.3) is 10.0 Å². The fourth-order valence-electron chi connectivity index (χ4n) is 1.76. The number of halogens is 1. The van der Waals surface area contributed by atoms with Gasteiger partial charge in [0.05, 0.1) is 17.7 Å². The number of rotatable bonds is 6. The largest absolute Gasteiger partial charge is 0.492 e. The normalized spacial score (nSPS) is 11.5. The maximum atomic E-state index is 12.1. The molecule has 1 N–H and O–H groups in total. The Hall–Kier alpha value is -1.98. The molecule has 0 aliphatic rings. The number of para-hydroxylation sites is 2. The van der Waals surface area contributed by atoms with Crippen molar-refractivity contribution in [1.29, 1.82) is 0 Å². The minimum absolute atomic E-state index is 0.408. The number of benzene rings is 2. The Bertz CT molecular complexity index is 755. The molecule has 0 fully saturated rings. The lowest BCUT2D eigenvalue weighted by Gasteiger charge is -2.10. The highest BCUT2D eigenvalue weighted by Gasteiger charge is 2.09. The Morgan fingerprint density at radius 1 is 1.14 bits per heavy atom. The molecule has 0 radical (unpaired) electrons. The quantitative estimate of drug-likeness (QED) is 0.861. The fraction of sp³-hybridized carbons (Fsp3) is 0.125. The number of hydrogen-bond acceptors (Lipinski definition) is 3. The molecule has 2 rings (SSSR count). The van der Waals surface area contributed by atoms with Crippen LogP contribution >= 0.6 is 11.6 Å². The number of sulfonamides is 1. The third kappa shape index (κ3) is 4.79. The lowest BCUT2D eigenvalue weighted by atomic mass is 10.2. The van der Waals surface area contributed by atoms with Crippen LogP contribution in [0, 0.1) is 0 Å². The highest BCUT2D eigenvalue weighted by atomic mass is 35.5. The van der Waals surface area contributed by atoms with E-state index in [-0.39, 0.29) is 0 Å². The summed E-state index contributed by atoms with van der Waals surface area (Å²) in [5, 5.41) is 1.71. The van der Waals surface area contributed by atoms with Gasteiger partial charge < -0.3 is 4.74 Å². The molecule has 6 heteroatoms. The summed E-state index contributed by atoms with van der Waals surface area (Å²) in [5.41, 5.74) is 1.15. The van der Waals surface area contributed by atoms with Crippen molar-refractivity contribution in [2.45, 2.75) is 6.92 Å². The van der Waals surface area contributed by atoms with Crippen LogP contribution in [0.5, 0.6) is 5.75 Å². The van der Waals surface area contributed by atoms with Crippen LogP contribution < -0.4 is 9.46 Å². The highest BCUT2D eigenvalue weighted by Crippen LogP contribution is 2.25. The van der Waals surface area contributed by atoms with Crippen LogP contribution in [0.15, 0.2) is 53.9 Å². The van der Waals surface area contributed by atoms with Gasteiger partial charge in [0, 0.05) is 5.02 Å². The van der Waals surface area contributed by atoms with Crippen LogP contribution in [0.2, 0.25) is 5.02 Å². The predicted octanol–water partition coefficient (Wildman–Crippen LogP) is 4.15. The van der Waals surface area contributed by atoms with Crippen molar-refractivity contribution >= 4 is 33.4 Å². The van der Waals surface area contributed by atoms with Gasteiger partial charge in [-0.05, 0) is 42.8 Å². The summed E-state index contributed by atoms with van der Waals surface area (Å²) in [6, 6.07) is 13.8. The van der Waals surface area contributed by atoms with Crippen LogP contribution in [-0.4, -0.2) is 15.0 Å². The van der Waals surface area contributed by atoms with Crippen LogP contribution in [0.4, 0.5) is 5.69 Å². The van der Waals surface area contributed by atoms with Crippen molar-refractivity contribution in [1.82, 2.24) is 0 Å². The van der Waals surface area contributed by atoms with Crippen molar-refractivity contribution in [2.24, 2.45) is 0 Å². The monoisotopic (exact) mass is 337 g/mol. The summed E-state index contributed by atoms with van der Waals surface area (Å²) in [5.74, 6) is 0.494. The van der Waals surface area contributed by atoms with Gasteiger partial charge >= 0.3 is 0 Å². The van der Waals surface area contributed by atoms with Crippen molar-refractivity contribution < 1.29 is 13.2 Å². The molecule has 0 saturated heterocycles. The van der Waals surface area contributed by atoms with E-state index in [4.69, 9.17) is 16.3 Å². The van der Waals surface area contributed by atoms with E-state index >= 15 is 0 Å². The van der Waals surface area contributed by atoms with E-state index in [0.29, 0.717) is 23.1 Å². The maximum Gasteiger partial charge on any atom is 0.255 e. The molecule has 0 saturated carbocycles. The zero-order valence-electron chi connectivity index (χ0n) is 12.0. The smallest absolute Gasteiger partial charge is 0.255 e. The standard InChI is InChI=1S/C16H16ClNO3S/c1-2-21-16-6-4-3-5-15(16)18-22(19,20)12-11-13-7-9-14(17)10-8-13/h3-12,18H,2H2,1H3. The van der Waals surface area contributed by atoms with Gasteiger partial charge in [0.1, 0.15) is 5.75 Å². The summed E-state index contributed by atoms with van der Waals surface area (Å²) in [6.45, 7) is 2.30. The van der Waals surface area contributed by atoms with Gasteiger partial charge in [-0.15, -0.1) is 0 Å². The number of nitrogens with one attached hydrogen (secondary N) is 1. The molecule has 0 atom stereocenters. The summed E-state index contributed by atoms with van der Waals surface area (Å²) in [4.78, 5) is 0. The van der Waals surface area contributed by atoms with Gasteiger partial charge in [-0.1, -0.05) is 35.9 Å². The minimum atomic E-state index is -3.63. The second-order valence-electron chi connectivity index (χ2n) is 4.43. The zero-order chi connectivity index (χ0) is 16.0. The molecule has 2 aromatic carbocycles. The first kappa shape index (κ1) is 16.4. The zero-order valence-corrected chi connectivity index (χ0v) is 13.6. The average molecular weight is 338 g/mol. The Morgan fingerprint density at radius 3 is 2.50 bits per heavy atom. The van der Waals surface area contributed by atoms with Gasteiger partial charge in [-0.3, -0.25) is 4.72 Å². The third-order valence-corrected chi connectivity index (χ3v) is 4.00. The summed E-state index contributed by atoms with van der Waals surface area (Å²) < 4.78 is 32.1. The summed E-state index contributed by atoms with van der Waals surface area (Å²) in [6.07, 6.45) is 1.50. The van der Waals surface area contributed by atoms with E-state index in [2.05, 4.69) is 4.72 Å². The van der Waals surface area contributed by atoms with Crippen molar-refractivity contribution in [3.8, 4) is 5.75 Å². The molecule has 2 aromatic rings. The molecule has 22 heavy (non-hydrogen) atoms. The SMILES string of the molecule is CCOc1ccccc1NS(=O)(=O)C=Cc1ccc(Cl)cc1. The van der Waals surface area contributed by atoms with E-state index in [0.717, 1.165) is 11.0 Å². The van der Waals surface area contributed by atoms with Crippen LogP contribution in [0.1, 0.15) is 12.5 Å². The fourth-order valence-corrected chi connectivity index (χ4v) is 2.77. The van der Waals surface area contributed by atoms with E-state index in [1.807, 2.05) is 6.92 Å². The molecule has 116 valence electrons. The number of ether oxygens (including phenoxy) is 1. The first-order valence-corrected chi connectivity index (χ1v) is 8.61. The maximum absolute atomic E-state index is 12.1. The van der Waals surface area contributed by atoms with Crippen molar-refractivity contribution in [3.05, 3.63) is 64.5 Å². The third-order valence-electron chi connectivity index (χ3n) is 2.75. The molecule has 0 spiro atoms. The number of anilines is 1. The van der Waals surface area contributed by atoms with E-state index in [9.17, 15) is 8.42 Å². The summed E-state index contributed by atoms with van der Waals surface area (Å²) >= 11 is 5.79. The Labute approximate surface area is 135 Å². The molecule has 0 aliphatic heterocycles. The molecule has 0 bridgehead atoms. The second-order valence-corrected chi connectivity index (χ2v) is 6.43. The van der Waals surface area contributed by atoms with Crippen LogP contribution in [0.3, 0.4) is 0 Å². The first-order valence-electron chi connectivity index (χ1n) is 6.68. The predicted molar refractivity (Wildman–Crippen MR) is 90.6 cm³/mol. The van der Waals surface area contributed by atoms with Crippen LogP contribution in [0.25, 0.3) is 6.08 Å². The van der Waals surface area contributed by atoms with Gasteiger partial charge in [0.15, 0.2) is 0 Å². The van der Waals surface area contributed by atoms with Gasteiger partial charge in [0.2, 0.25) is 0 Å². The molecular formula is C16H16ClNO3S. The van der Waals surface area contributed by atoms with E-state index in [1.54, 1.807) is 48.5 Å². The molecule has 0 aromatic heterocycles.